The van der Waals surface area contributed by atoms with Gasteiger partial charge in [-0.1, -0.05) is 13.8 Å². The first-order chi connectivity index (χ1) is 10.5. The number of aliphatic carboxylic acids is 1. The highest BCUT2D eigenvalue weighted by atomic mass is 32.1. The van der Waals surface area contributed by atoms with Crippen LogP contribution < -0.4 is 5.32 Å². The molecule has 5 nitrogen and oxygen atoms in total. The van der Waals surface area contributed by atoms with Crippen molar-refractivity contribution in [2.45, 2.75) is 52.5 Å². The van der Waals surface area contributed by atoms with Crippen LogP contribution in [0.15, 0.2) is 0 Å². The largest absolute Gasteiger partial charge is 0.480 e. The van der Waals surface area contributed by atoms with Gasteiger partial charge in [0.1, 0.15) is 22.5 Å². The Morgan fingerprint density at radius 1 is 1.27 bits per heavy atom. The van der Waals surface area contributed by atoms with E-state index in [1.165, 1.54) is 23.3 Å². The Morgan fingerprint density at radius 2 is 2.00 bits per heavy atom. The van der Waals surface area contributed by atoms with Gasteiger partial charge in [0, 0.05) is 4.88 Å². The van der Waals surface area contributed by atoms with Crippen LogP contribution in [0.2, 0.25) is 0 Å². The zero-order valence-corrected chi connectivity index (χ0v) is 14.0. The van der Waals surface area contributed by atoms with Crippen LogP contribution in [0.25, 0.3) is 10.2 Å². The number of nitrogens with zero attached hydrogens (tertiary/aromatic N) is 2. The van der Waals surface area contributed by atoms with Crippen molar-refractivity contribution in [3.05, 3.63) is 16.3 Å². The molecule has 6 heteroatoms. The van der Waals surface area contributed by atoms with Crippen molar-refractivity contribution in [2.24, 2.45) is 5.92 Å². The molecule has 22 heavy (non-hydrogen) atoms. The van der Waals surface area contributed by atoms with Gasteiger partial charge in [0.2, 0.25) is 0 Å². The number of aryl methyl sites for hydroxylation is 3. The first-order valence-corrected chi connectivity index (χ1v) is 8.57. The molecule has 2 N–H and O–H groups in total. The number of anilines is 1. The summed E-state index contributed by atoms with van der Waals surface area (Å²) in [6.07, 6.45) is 4.54. The number of carboxylic acids is 1. The smallest absolute Gasteiger partial charge is 0.326 e. The molecule has 0 amide bonds. The number of carboxylic acid groups (broad SMARTS) is 1. The SMILES string of the molecule is Cc1nc(N[C@@H](C(=O)O)C(C)C)c2c3c(sc2n1)CCCC3. The van der Waals surface area contributed by atoms with Gasteiger partial charge in [-0.2, -0.15) is 0 Å². The van der Waals surface area contributed by atoms with E-state index in [0.29, 0.717) is 11.6 Å². The number of nitrogens with one attached hydrogen (secondary N) is 1. The number of carbonyl (C=O) groups is 1. The molecule has 0 saturated heterocycles. The minimum atomic E-state index is -0.844. The van der Waals surface area contributed by atoms with Crippen LogP contribution in [0.4, 0.5) is 5.82 Å². The summed E-state index contributed by atoms with van der Waals surface area (Å²) in [4.78, 5) is 22.9. The van der Waals surface area contributed by atoms with E-state index in [0.717, 1.165) is 23.1 Å². The monoisotopic (exact) mass is 319 g/mol. The van der Waals surface area contributed by atoms with Gasteiger partial charge in [0.25, 0.3) is 0 Å². The number of thiophene rings is 1. The summed E-state index contributed by atoms with van der Waals surface area (Å²) in [7, 11) is 0. The van der Waals surface area contributed by atoms with Gasteiger partial charge in [0.15, 0.2) is 0 Å². The summed E-state index contributed by atoms with van der Waals surface area (Å²) in [6.45, 7) is 5.66. The molecule has 0 unspecified atom stereocenters. The standard InChI is InChI=1S/C16H21N3O2S/c1-8(2)13(16(20)21)19-14-12-10-6-4-5-7-11(10)22-15(12)18-9(3)17-14/h8,13H,4-7H2,1-3H3,(H,20,21)(H,17,18,19)/t13-/m1/s1. The van der Waals surface area contributed by atoms with Gasteiger partial charge < -0.3 is 10.4 Å². The highest BCUT2D eigenvalue weighted by Crippen LogP contribution is 2.38. The highest BCUT2D eigenvalue weighted by molar-refractivity contribution is 7.19. The summed E-state index contributed by atoms with van der Waals surface area (Å²) in [6, 6.07) is -0.642. The number of fused-ring (bicyclic) bond motifs is 3. The molecule has 1 atom stereocenters. The summed E-state index contributed by atoms with van der Waals surface area (Å²) in [5.74, 6) is 0.505. The third-order valence-electron chi connectivity index (χ3n) is 4.15. The third-order valence-corrected chi connectivity index (χ3v) is 5.34. The lowest BCUT2D eigenvalue weighted by Gasteiger charge is -2.20. The van der Waals surface area contributed by atoms with E-state index in [9.17, 15) is 9.90 Å². The lowest BCUT2D eigenvalue weighted by molar-refractivity contribution is -0.138. The Hall–Kier alpha value is -1.69. The highest BCUT2D eigenvalue weighted by Gasteiger charge is 2.26. The number of hydrogen-bond donors (Lipinski definition) is 2. The van der Waals surface area contributed by atoms with Crippen LogP contribution in [0, 0.1) is 12.8 Å². The second-order valence-electron chi connectivity index (χ2n) is 6.21. The number of rotatable bonds is 4. The molecule has 0 saturated carbocycles. The van der Waals surface area contributed by atoms with Crippen LogP contribution in [0.3, 0.4) is 0 Å². The van der Waals surface area contributed by atoms with Gasteiger partial charge in [-0.05, 0) is 44.1 Å². The lowest BCUT2D eigenvalue weighted by atomic mass is 9.96. The Morgan fingerprint density at radius 3 is 2.68 bits per heavy atom. The average molecular weight is 319 g/mol. The predicted octanol–water partition coefficient (Wildman–Crippen LogP) is 3.40. The van der Waals surface area contributed by atoms with E-state index in [1.807, 2.05) is 20.8 Å². The maximum Gasteiger partial charge on any atom is 0.326 e. The molecular weight excluding hydrogens is 298 g/mol. The van der Waals surface area contributed by atoms with E-state index in [1.54, 1.807) is 11.3 Å². The van der Waals surface area contributed by atoms with Crippen molar-refractivity contribution >= 4 is 33.3 Å². The molecule has 0 bridgehead atoms. The molecule has 0 aliphatic heterocycles. The molecule has 0 aromatic carbocycles. The fraction of sp³-hybridized carbons (Fsp3) is 0.562. The van der Waals surface area contributed by atoms with Crippen LogP contribution in [-0.4, -0.2) is 27.1 Å². The van der Waals surface area contributed by atoms with E-state index in [4.69, 9.17) is 0 Å². The van der Waals surface area contributed by atoms with Crippen molar-refractivity contribution in [3.63, 3.8) is 0 Å². The molecule has 118 valence electrons. The molecular formula is C16H21N3O2S. The number of hydrogen-bond acceptors (Lipinski definition) is 5. The van der Waals surface area contributed by atoms with Gasteiger partial charge in [-0.15, -0.1) is 11.3 Å². The third kappa shape index (κ3) is 2.67. The minimum absolute atomic E-state index is 0.0164. The molecule has 2 aromatic rings. The van der Waals surface area contributed by atoms with Crippen molar-refractivity contribution in [3.8, 4) is 0 Å². The maximum absolute atomic E-state index is 11.5. The Bertz CT molecular complexity index is 724. The van der Waals surface area contributed by atoms with Crippen LogP contribution in [0.1, 0.15) is 43.0 Å². The molecule has 2 aromatic heterocycles. The zero-order chi connectivity index (χ0) is 15.9. The van der Waals surface area contributed by atoms with Crippen molar-refractivity contribution in [1.29, 1.82) is 0 Å². The molecule has 2 heterocycles. The summed E-state index contributed by atoms with van der Waals surface area (Å²) < 4.78 is 0. The second kappa shape index (κ2) is 5.83. The first kappa shape index (κ1) is 15.2. The fourth-order valence-electron chi connectivity index (χ4n) is 3.03. The van der Waals surface area contributed by atoms with Crippen molar-refractivity contribution in [2.75, 3.05) is 5.32 Å². The Balaban J connectivity index is 2.11. The van der Waals surface area contributed by atoms with E-state index >= 15 is 0 Å². The van der Waals surface area contributed by atoms with Gasteiger partial charge in [-0.25, -0.2) is 14.8 Å². The van der Waals surface area contributed by atoms with E-state index in [2.05, 4.69) is 15.3 Å². The summed E-state index contributed by atoms with van der Waals surface area (Å²) >= 11 is 1.73. The van der Waals surface area contributed by atoms with Crippen molar-refractivity contribution in [1.82, 2.24) is 9.97 Å². The number of aromatic nitrogens is 2. The minimum Gasteiger partial charge on any atom is -0.480 e. The summed E-state index contributed by atoms with van der Waals surface area (Å²) in [5, 5.41) is 13.6. The average Bonchev–Trinajstić information content (AvgIpc) is 2.81. The van der Waals surface area contributed by atoms with E-state index < -0.39 is 12.0 Å². The van der Waals surface area contributed by atoms with Crippen LogP contribution in [-0.2, 0) is 17.6 Å². The normalized spacial score (nSPS) is 15.8. The lowest BCUT2D eigenvalue weighted by Crippen LogP contribution is -2.34. The second-order valence-corrected chi connectivity index (χ2v) is 7.30. The van der Waals surface area contributed by atoms with Gasteiger partial charge >= 0.3 is 5.97 Å². The maximum atomic E-state index is 11.5. The molecule has 1 aliphatic carbocycles. The quantitative estimate of drug-likeness (QED) is 0.903. The Labute approximate surface area is 133 Å². The molecule has 3 rings (SSSR count). The molecule has 0 fully saturated rings. The summed E-state index contributed by atoms with van der Waals surface area (Å²) in [5.41, 5.74) is 1.32. The van der Waals surface area contributed by atoms with Crippen LogP contribution >= 0.6 is 11.3 Å². The molecule has 0 spiro atoms. The topological polar surface area (TPSA) is 75.1 Å². The van der Waals surface area contributed by atoms with Gasteiger partial charge in [-0.3, -0.25) is 0 Å². The molecule has 1 aliphatic rings. The Kier molecular flexibility index (Phi) is 4.04. The van der Waals surface area contributed by atoms with Crippen LogP contribution in [0.5, 0.6) is 0 Å². The van der Waals surface area contributed by atoms with Crippen molar-refractivity contribution < 1.29 is 9.90 Å². The molecule has 0 radical (unpaired) electrons. The first-order valence-electron chi connectivity index (χ1n) is 7.75. The van der Waals surface area contributed by atoms with Gasteiger partial charge in [0.05, 0.1) is 5.39 Å². The fourth-order valence-corrected chi connectivity index (χ4v) is 4.34. The predicted molar refractivity (Wildman–Crippen MR) is 88.7 cm³/mol. The van der Waals surface area contributed by atoms with E-state index in [-0.39, 0.29) is 5.92 Å². The zero-order valence-electron chi connectivity index (χ0n) is 13.1.